The summed E-state index contributed by atoms with van der Waals surface area (Å²) >= 11 is 0. The maximum Gasteiger partial charge on any atom is 0.150 e. The number of hydrogen-bond acceptors (Lipinski definition) is 2. The number of hydrogen-bond donors (Lipinski definition) is 1. The predicted octanol–water partition coefficient (Wildman–Crippen LogP) is 3.07. The number of fused-ring (bicyclic) bond motifs is 1. The van der Waals surface area contributed by atoms with Gasteiger partial charge in [-0.1, -0.05) is 6.07 Å². The number of nitrogens with one attached hydrogen (secondary N) is 1. The maximum atomic E-state index is 13.7. The minimum atomic E-state index is -0.300. The van der Waals surface area contributed by atoms with Crippen molar-refractivity contribution in [2.45, 2.75) is 6.92 Å². The van der Waals surface area contributed by atoms with Gasteiger partial charge in [0, 0.05) is 23.7 Å². The van der Waals surface area contributed by atoms with Crippen LogP contribution in [0.15, 0.2) is 36.7 Å². The van der Waals surface area contributed by atoms with E-state index in [-0.39, 0.29) is 5.82 Å². The van der Waals surface area contributed by atoms with E-state index < -0.39 is 0 Å². The number of aromatic nitrogens is 3. The minimum absolute atomic E-state index is 0.300. The van der Waals surface area contributed by atoms with Crippen LogP contribution in [0.25, 0.3) is 22.3 Å². The summed E-state index contributed by atoms with van der Waals surface area (Å²) in [6, 6.07) is 7.47. The Labute approximate surface area is 97.3 Å². The van der Waals surface area contributed by atoms with Crippen molar-refractivity contribution in [3.8, 4) is 11.3 Å². The van der Waals surface area contributed by atoms with Gasteiger partial charge >= 0.3 is 0 Å². The quantitative estimate of drug-likeness (QED) is 0.694. The lowest BCUT2D eigenvalue weighted by atomic mass is 10.1. The van der Waals surface area contributed by atoms with Gasteiger partial charge in [0.25, 0.3) is 0 Å². The highest BCUT2D eigenvalue weighted by Gasteiger charge is 2.11. The lowest BCUT2D eigenvalue weighted by Crippen LogP contribution is -1.88. The van der Waals surface area contributed by atoms with E-state index in [9.17, 15) is 4.39 Å². The molecule has 3 rings (SSSR count). The lowest BCUT2D eigenvalue weighted by Gasteiger charge is -2.03. The summed E-state index contributed by atoms with van der Waals surface area (Å²) in [5.74, 6) is -0.300. The second-order valence-corrected chi connectivity index (χ2v) is 3.88. The normalized spacial score (nSPS) is 10.9. The third-order valence-electron chi connectivity index (χ3n) is 2.69. The Morgan fingerprint density at radius 2 is 2.12 bits per heavy atom. The number of nitrogens with zero attached hydrogens (tertiary/aromatic N) is 2. The van der Waals surface area contributed by atoms with Crippen molar-refractivity contribution in [2.75, 3.05) is 0 Å². The Balaban J connectivity index is 2.33. The summed E-state index contributed by atoms with van der Waals surface area (Å²) in [5, 5.41) is 0.491. The smallest absolute Gasteiger partial charge is 0.150 e. The third kappa shape index (κ3) is 1.58. The Morgan fingerprint density at radius 1 is 1.24 bits per heavy atom. The molecule has 3 aromatic rings. The van der Waals surface area contributed by atoms with Gasteiger partial charge in [-0.05, 0) is 25.1 Å². The molecule has 0 aromatic carbocycles. The second-order valence-electron chi connectivity index (χ2n) is 3.88. The number of H-pyrrole nitrogens is 1. The van der Waals surface area contributed by atoms with Gasteiger partial charge in [0.1, 0.15) is 5.65 Å². The van der Waals surface area contributed by atoms with Crippen LogP contribution < -0.4 is 0 Å². The minimum Gasteiger partial charge on any atom is -0.343 e. The first-order valence-corrected chi connectivity index (χ1v) is 5.31. The number of rotatable bonds is 1. The molecule has 0 fully saturated rings. The van der Waals surface area contributed by atoms with E-state index in [0.29, 0.717) is 11.0 Å². The largest absolute Gasteiger partial charge is 0.343 e. The highest BCUT2D eigenvalue weighted by atomic mass is 19.1. The Bertz CT molecular complexity index is 688. The van der Waals surface area contributed by atoms with Gasteiger partial charge in [-0.2, -0.15) is 0 Å². The van der Waals surface area contributed by atoms with Gasteiger partial charge in [0.2, 0.25) is 0 Å². The summed E-state index contributed by atoms with van der Waals surface area (Å²) in [5.41, 5.74) is 2.97. The van der Waals surface area contributed by atoms with Crippen molar-refractivity contribution in [2.24, 2.45) is 0 Å². The van der Waals surface area contributed by atoms with Crippen molar-refractivity contribution in [1.29, 1.82) is 0 Å². The predicted molar refractivity (Wildman–Crippen MR) is 64.0 cm³/mol. The molecule has 0 unspecified atom stereocenters. The molecule has 0 spiro atoms. The van der Waals surface area contributed by atoms with Crippen molar-refractivity contribution < 1.29 is 4.39 Å². The van der Waals surface area contributed by atoms with E-state index in [0.717, 1.165) is 17.0 Å². The molecule has 84 valence electrons. The molecule has 4 heteroatoms. The van der Waals surface area contributed by atoms with Crippen LogP contribution in [-0.2, 0) is 0 Å². The summed E-state index contributed by atoms with van der Waals surface area (Å²) in [4.78, 5) is 11.3. The molecule has 3 heterocycles. The van der Waals surface area contributed by atoms with E-state index >= 15 is 0 Å². The second kappa shape index (κ2) is 3.66. The zero-order valence-corrected chi connectivity index (χ0v) is 9.24. The zero-order valence-electron chi connectivity index (χ0n) is 9.24. The molecule has 3 aromatic heterocycles. The van der Waals surface area contributed by atoms with E-state index in [1.54, 1.807) is 12.3 Å². The van der Waals surface area contributed by atoms with Gasteiger partial charge in [-0.25, -0.2) is 9.37 Å². The van der Waals surface area contributed by atoms with Crippen LogP contribution in [0.4, 0.5) is 4.39 Å². The first-order valence-electron chi connectivity index (χ1n) is 5.31. The molecular formula is C13H10FN3. The molecule has 0 aliphatic rings. The fourth-order valence-electron chi connectivity index (χ4n) is 1.92. The van der Waals surface area contributed by atoms with Gasteiger partial charge in [-0.15, -0.1) is 0 Å². The number of pyridine rings is 2. The average molecular weight is 227 g/mol. The molecular weight excluding hydrogens is 217 g/mol. The molecule has 0 radical (unpaired) electrons. The lowest BCUT2D eigenvalue weighted by molar-refractivity contribution is 0.639. The Morgan fingerprint density at radius 3 is 2.94 bits per heavy atom. The van der Waals surface area contributed by atoms with Crippen molar-refractivity contribution in [3.63, 3.8) is 0 Å². The van der Waals surface area contributed by atoms with Crippen LogP contribution in [0.2, 0.25) is 0 Å². The van der Waals surface area contributed by atoms with E-state index in [2.05, 4.69) is 15.0 Å². The number of aromatic amines is 1. The van der Waals surface area contributed by atoms with Gasteiger partial charge in [-0.3, -0.25) is 4.98 Å². The fourth-order valence-corrected chi connectivity index (χ4v) is 1.92. The van der Waals surface area contributed by atoms with Gasteiger partial charge in [0.05, 0.1) is 11.1 Å². The van der Waals surface area contributed by atoms with E-state index in [1.165, 1.54) is 6.20 Å². The van der Waals surface area contributed by atoms with Gasteiger partial charge in [0.15, 0.2) is 5.82 Å². The zero-order chi connectivity index (χ0) is 11.8. The highest BCUT2D eigenvalue weighted by molar-refractivity contribution is 5.92. The van der Waals surface area contributed by atoms with E-state index in [1.807, 2.05) is 25.1 Å². The molecule has 3 nitrogen and oxygen atoms in total. The standard InChI is InChI=1S/C13H10FN3/c1-8-3-2-4-11(17-8)9-5-6-15-13-12(9)10(14)7-16-13/h2-7H,1H3,(H,15,16). The van der Waals surface area contributed by atoms with Crippen LogP contribution in [0.1, 0.15) is 5.69 Å². The maximum absolute atomic E-state index is 13.7. The molecule has 17 heavy (non-hydrogen) atoms. The molecule has 0 aliphatic carbocycles. The highest BCUT2D eigenvalue weighted by Crippen LogP contribution is 2.27. The third-order valence-corrected chi connectivity index (χ3v) is 2.69. The van der Waals surface area contributed by atoms with Crippen LogP contribution in [-0.4, -0.2) is 15.0 Å². The summed E-state index contributed by atoms with van der Waals surface area (Å²) < 4.78 is 13.7. The Hall–Kier alpha value is -2.23. The monoisotopic (exact) mass is 227 g/mol. The Kier molecular flexibility index (Phi) is 2.14. The summed E-state index contributed by atoms with van der Waals surface area (Å²) in [6.07, 6.45) is 2.97. The molecule has 1 N–H and O–H groups in total. The molecule has 0 saturated heterocycles. The average Bonchev–Trinajstić information content (AvgIpc) is 2.71. The van der Waals surface area contributed by atoms with Gasteiger partial charge < -0.3 is 4.98 Å². The molecule has 0 atom stereocenters. The summed E-state index contributed by atoms with van der Waals surface area (Å²) in [7, 11) is 0. The molecule has 0 bridgehead atoms. The van der Waals surface area contributed by atoms with Crippen LogP contribution >= 0.6 is 0 Å². The van der Waals surface area contributed by atoms with Crippen molar-refractivity contribution in [1.82, 2.24) is 15.0 Å². The first kappa shape index (κ1) is 9.96. The molecule has 0 saturated carbocycles. The number of aryl methyl sites for hydroxylation is 1. The fraction of sp³-hybridized carbons (Fsp3) is 0.0769. The van der Waals surface area contributed by atoms with Crippen molar-refractivity contribution in [3.05, 3.63) is 48.2 Å². The van der Waals surface area contributed by atoms with E-state index in [4.69, 9.17) is 0 Å². The van der Waals surface area contributed by atoms with Crippen LogP contribution in [0, 0.1) is 12.7 Å². The van der Waals surface area contributed by atoms with Crippen LogP contribution in [0.3, 0.4) is 0 Å². The molecule has 0 aliphatic heterocycles. The number of halogens is 1. The topological polar surface area (TPSA) is 41.6 Å². The van der Waals surface area contributed by atoms with Crippen molar-refractivity contribution >= 4 is 11.0 Å². The van der Waals surface area contributed by atoms with Crippen LogP contribution in [0.5, 0.6) is 0 Å². The first-order chi connectivity index (χ1) is 8.25. The SMILES string of the molecule is Cc1cccc(-c2ccnc3[nH]cc(F)c23)n1. The molecule has 0 amide bonds. The summed E-state index contributed by atoms with van der Waals surface area (Å²) in [6.45, 7) is 1.91.